The van der Waals surface area contributed by atoms with Crippen LogP contribution in [0.5, 0.6) is 0 Å². The van der Waals surface area contributed by atoms with Crippen molar-refractivity contribution in [2.45, 2.75) is 38.5 Å². The Hall–Kier alpha value is -6.12. The number of rotatable bonds is 6. The second-order valence-corrected chi connectivity index (χ2v) is 15.3. The highest BCUT2D eigenvalue weighted by Gasteiger charge is 2.42. The first-order valence-corrected chi connectivity index (χ1v) is 18.4. The Kier molecular flexibility index (Phi) is 6.91. The normalized spacial score (nSPS) is 14.7. The van der Waals surface area contributed by atoms with Crippen LogP contribution in [0.25, 0.3) is 61.2 Å². The zero-order valence-electron chi connectivity index (χ0n) is 29.7. The van der Waals surface area contributed by atoms with Gasteiger partial charge in [0.2, 0.25) is 0 Å². The number of nitrogens with zero attached hydrogens (tertiary/aromatic N) is 1. The Bertz CT molecular complexity index is 2670. The SMILES string of the molecule is CC(C)(C)c1ccc(N(c2ccc(-c3cccc4c5c(oc34)C3CC3=C5)cc2)c2ccccc2-c2cccc3cccc(-c4ccccc4)c23)cc1. The number of furan rings is 1. The van der Waals surface area contributed by atoms with Gasteiger partial charge in [-0.05, 0) is 80.8 Å². The molecule has 250 valence electrons. The Balaban J connectivity index is 1.14. The smallest absolute Gasteiger partial charge is 0.142 e. The van der Waals surface area contributed by atoms with Crippen molar-refractivity contribution < 1.29 is 4.42 Å². The molecule has 2 aliphatic carbocycles. The van der Waals surface area contributed by atoms with E-state index in [1.165, 1.54) is 55.1 Å². The number of hydrogen-bond donors (Lipinski definition) is 0. The summed E-state index contributed by atoms with van der Waals surface area (Å²) in [4.78, 5) is 2.41. The molecule has 52 heavy (non-hydrogen) atoms. The van der Waals surface area contributed by atoms with Crippen molar-refractivity contribution in [3.63, 3.8) is 0 Å². The van der Waals surface area contributed by atoms with Gasteiger partial charge in [0.15, 0.2) is 0 Å². The van der Waals surface area contributed by atoms with Gasteiger partial charge in [0.05, 0.1) is 5.69 Å². The van der Waals surface area contributed by atoms with Crippen LogP contribution in [0.15, 0.2) is 168 Å². The van der Waals surface area contributed by atoms with Crippen molar-refractivity contribution >= 4 is 44.9 Å². The third-order valence-corrected chi connectivity index (χ3v) is 11.0. The lowest BCUT2D eigenvalue weighted by Gasteiger charge is -2.29. The molecule has 1 unspecified atom stereocenters. The molecule has 8 aromatic rings. The first kappa shape index (κ1) is 30.7. The fourth-order valence-corrected chi connectivity index (χ4v) is 8.22. The number of allylic oxidation sites excluding steroid dienone is 1. The topological polar surface area (TPSA) is 16.4 Å². The zero-order chi connectivity index (χ0) is 35.0. The molecule has 1 saturated carbocycles. The fraction of sp³-hybridized carbons (Fsp3) is 0.120. The van der Waals surface area contributed by atoms with Crippen molar-refractivity contribution in [1.82, 2.24) is 0 Å². The molecule has 10 rings (SSSR count). The molecule has 2 nitrogen and oxygen atoms in total. The standard InChI is InChI=1S/C50H39NO/c1-50(2,3)36-24-28-38(29-25-36)51(37-26-22-33(23-27-37)40-18-11-20-43-45-31-35-30-44(35)49(45)52-48(40)43)46-21-8-7-16-41(46)42-19-10-15-34-14-9-17-39(47(34)42)32-12-5-4-6-13-32/h4-29,31,44H,30H2,1-3H3. The summed E-state index contributed by atoms with van der Waals surface area (Å²) in [6, 6.07) is 57.6. The molecule has 0 saturated heterocycles. The minimum absolute atomic E-state index is 0.0592. The molecule has 1 heterocycles. The van der Waals surface area contributed by atoms with Gasteiger partial charge in [-0.2, -0.15) is 0 Å². The minimum Gasteiger partial charge on any atom is -0.459 e. The van der Waals surface area contributed by atoms with E-state index in [0.29, 0.717) is 5.92 Å². The summed E-state index contributed by atoms with van der Waals surface area (Å²) in [6.07, 6.45) is 3.49. The molecule has 0 bridgehead atoms. The predicted octanol–water partition coefficient (Wildman–Crippen LogP) is 14.2. The van der Waals surface area contributed by atoms with E-state index in [9.17, 15) is 0 Å². The van der Waals surface area contributed by atoms with Crippen molar-refractivity contribution in [3.05, 3.63) is 180 Å². The van der Waals surface area contributed by atoms with Crippen LogP contribution in [0.2, 0.25) is 0 Å². The van der Waals surface area contributed by atoms with Gasteiger partial charge in [0.25, 0.3) is 0 Å². The van der Waals surface area contributed by atoms with Crippen LogP contribution >= 0.6 is 0 Å². The first-order chi connectivity index (χ1) is 25.4. The molecule has 0 aliphatic heterocycles. The molecule has 0 amide bonds. The largest absolute Gasteiger partial charge is 0.459 e. The van der Waals surface area contributed by atoms with E-state index in [1.807, 2.05) is 0 Å². The monoisotopic (exact) mass is 669 g/mol. The van der Waals surface area contributed by atoms with Gasteiger partial charge in [0.1, 0.15) is 11.3 Å². The fourth-order valence-electron chi connectivity index (χ4n) is 8.22. The van der Waals surface area contributed by atoms with Gasteiger partial charge < -0.3 is 9.32 Å². The maximum Gasteiger partial charge on any atom is 0.142 e. The molecule has 0 spiro atoms. The molecule has 2 heteroatoms. The number of hydrogen-bond acceptors (Lipinski definition) is 2. The Morgan fingerprint density at radius 1 is 0.558 bits per heavy atom. The van der Waals surface area contributed by atoms with Gasteiger partial charge in [-0.25, -0.2) is 0 Å². The van der Waals surface area contributed by atoms with E-state index in [0.717, 1.165) is 46.0 Å². The Morgan fingerprint density at radius 3 is 1.92 bits per heavy atom. The Labute approximate surface area is 305 Å². The molecule has 2 aliphatic rings. The van der Waals surface area contributed by atoms with Crippen molar-refractivity contribution in [2.24, 2.45) is 0 Å². The van der Waals surface area contributed by atoms with E-state index in [2.05, 4.69) is 189 Å². The van der Waals surface area contributed by atoms with Crippen molar-refractivity contribution in [3.8, 4) is 33.4 Å². The minimum atomic E-state index is 0.0592. The van der Waals surface area contributed by atoms with Crippen molar-refractivity contribution in [2.75, 3.05) is 4.90 Å². The van der Waals surface area contributed by atoms with Gasteiger partial charge in [-0.1, -0.05) is 160 Å². The highest BCUT2D eigenvalue weighted by atomic mass is 16.3. The van der Waals surface area contributed by atoms with E-state index in [1.54, 1.807) is 0 Å². The summed E-state index contributed by atoms with van der Waals surface area (Å²) < 4.78 is 6.58. The number of benzene rings is 7. The lowest BCUT2D eigenvalue weighted by molar-refractivity contribution is 0.558. The quantitative estimate of drug-likeness (QED) is 0.175. The van der Waals surface area contributed by atoms with Crippen LogP contribution in [-0.4, -0.2) is 0 Å². The zero-order valence-corrected chi connectivity index (χ0v) is 29.7. The van der Waals surface area contributed by atoms with Gasteiger partial charge in [-0.15, -0.1) is 0 Å². The highest BCUT2D eigenvalue weighted by Crippen LogP contribution is 2.57. The number of fused-ring (bicyclic) bond motifs is 6. The van der Waals surface area contributed by atoms with E-state index >= 15 is 0 Å². The maximum atomic E-state index is 6.58. The average molecular weight is 670 g/mol. The third-order valence-electron chi connectivity index (χ3n) is 11.0. The molecular weight excluding hydrogens is 631 g/mol. The summed E-state index contributed by atoms with van der Waals surface area (Å²) in [7, 11) is 0. The molecule has 1 fully saturated rings. The molecular formula is C50H39NO. The lowest BCUT2D eigenvalue weighted by Crippen LogP contribution is -2.13. The summed E-state index contributed by atoms with van der Waals surface area (Å²) in [5, 5.41) is 3.70. The van der Waals surface area contributed by atoms with Crippen molar-refractivity contribution in [1.29, 1.82) is 0 Å². The third kappa shape index (κ3) is 5.01. The van der Waals surface area contributed by atoms with E-state index in [4.69, 9.17) is 4.42 Å². The van der Waals surface area contributed by atoms with E-state index in [-0.39, 0.29) is 5.41 Å². The summed E-state index contributed by atoms with van der Waals surface area (Å²) >= 11 is 0. The second-order valence-electron chi connectivity index (χ2n) is 15.3. The van der Waals surface area contributed by atoms with E-state index < -0.39 is 0 Å². The number of anilines is 3. The summed E-state index contributed by atoms with van der Waals surface area (Å²) in [5.41, 5.74) is 15.7. The van der Waals surface area contributed by atoms with Crippen LogP contribution in [0.1, 0.15) is 50.0 Å². The van der Waals surface area contributed by atoms with Gasteiger partial charge in [-0.3, -0.25) is 0 Å². The summed E-state index contributed by atoms with van der Waals surface area (Å²) in [5.74, 6) is 1.65. The first-order valence-electron chi connectivity index (χ1n) is 18.4. The average Bonchev–Trinajstić information content (AvgIpc) is 3.72. The lowest BCUT2D eigenvalue weighted by atomic mass is 9.87. The molecule has 0 radical (unpaired) electrons. The summed E-state index contributed by atoms with van der Waals surface area (Å²) in [6.45, 7) is 6.81. The predicted molar refractivity (Wildman–Crippen MR) is 219 cm³/mol. The molecule has 1 aromatic heterocycles. The van der Waals surface area contributed by atoms with Crippen LogP contribution < -0.4 is 4.90 Å². The molecule has 1 atom stereocenters. The maximum absolute atomic E-state index is 6.58. The Morgan fingerprint density at radius 2 is 1.17 bits per heavy atom. The second kappa shape index (κ2) is 11.7. The van der Waals surface area contributed by atoms with Crippen LogP contribution in [0.4, 0.5) is 17.1 Å². The van der Waals surface area contributed by atoms with Gasteiger partial charge >= 0.3 is 0 Å². The highest BCUT2D eigenvalue weighted by molar-refractivity contribution is 6.09. The van der Waals surface area contributed by atoms with Crippen LogP contribution in [-0.2, 0) is 5.41 Å². The van der Waals surface area contributed by atoms with Gasteiger partial charge in [0, 0.05) is 39.4 Å². The number of para-hydroxylation sites is 2. The van der Waals surface area contributed by atoms with Crippen LogP contribution in [0.3, 0.4) is 0 Å². The molecule has 0 N–H and O–H groups in total. The van der Waals surface area contributed by atoms with Crippen LogP contribution in [0, 0.1) is 0 Å². The molecule has 7 aromatic carbocycles.